The van der Waals surface area contributed by atoms with Crippen molar-refractivity contribution in [2.75, 3.05) is 13.7 Å². The number of carbonyl (C=O) groups is 2. The lowest BCUT2D eigenvalue weighted by Gasteiger charge is -2.21. The number of carbonyl (C=O) groups excluding carboxylic acids is 1. The van der Waals surface area contributed by atoms with Crippen LogP contribution in [0.3, 0.4) is 0 Å². The number of methoxy groups -OCH3 is 1. The number of aryl methyl sites for hydroxylation is 1. The van der Waals surface area contributed by atoms with Crippen molar-refractivity contribution in [2.45, 2.75) is 51.7 Å². The third kappa shape index (κ3) is 3.91. The van der Waals surface area contributed by atoms with Crippen LogP contribution < -0.4 is 0 Å². The number of hydrogen-bond donors (Lipinski definition) is 1. The largest absolute Gasteiger partial charge is 0.481 e. The predicted octanol–water partition coefficient (Wildman–Crippen LogP) is 2.40. The summed E-state index contributed by atoms with van der Waals surface area (Å²) < 4.78 is 7.03. The molecule has 2 unspecified atom stereocenters. The number of benzene rings is 1. The molecule has 8 heteroatoms. The molecule has 1 aromatic heterocycles. The van der Waals surface area contributed by atoms with Crippen LogP contribution in [0.5, 0.6) is 0 Å². The second kappa shape index (κ2) is 8.10. The maximum atomic E-state index is 13.1. The molecule has 28 heavy (non-hydrogen) atoms. The summed E-state index contributed by atoms with van der Waals surface area (Å²) >= 11 is 0. The number of aliphatic carboxylic acids is 1. The number of para-hydroxylation sites is 1. The lowest BCUT2D eigenvalue weighted by Crippen LogP contribution is -2.38. The van der Waals surface area contributed by atoms with E-state index in [0.29, 0.717) is 24.7 Å². The summed E-state index contributed by atoms with van der Waals surface area (Å²) in [6.45, 7) is 6.34. The van der Waals surface area contributed by atoms with Gasteiger partial charge in [0.1, 0.15) is 5.82 Å². The summed E-state index contributed by atoms with van der Waals surface area (Å²) in [6.07, 6.45) is 0.185. The van der Waals surface area contributed by atoms with Crippen molar-refractivity contribution in [3.05, 3.63) is 41.5 Å². The first-order valence-corrected chi connectivity index (χ1v) is 9.40. The molecule has 2 atom stereocenters. The van der Waals surface area contributed by atoms with E-state index in [1.807, 2.05) is 24.3 Å². The monoisotopic (exact) mass is 386 g/mol. The van der Waals surface area contributed by atoms with Crippen molar-refractivity contribution in [3.63, 3.8) is 0 Å². The summed E-state index contributed by atoms with van der Waals surface area (Å²) in [5.74, 6) is -0.341. The van der Waals surface area contributed by atoms with Crippen molar-refractivity contribution in [3.8, 4) is 5.69 Å². The third-order valence-corrected chi connectivity index (χ3v) is 5.13. The van der Waals surface area contributed by atoms with Crippen molar-refractivity contribution in [1.29, 1.82) is 0 Å². The number of nitrogens with zero attached hydrogens (tertiary/aromatic N) is 4. The lowest BCUT2D eigenvalue weighted by atomic mass is 10.0. The van der Waals surface area contributed by atoms with E-state index in [-0.39, 0.29) is 24.3 Å². The SMILES string of the molecule is COC1CC(CC(=O)O)N(C(=O)c2nc(C)n(-c3ccccc3C(C)C)n2)C1. The van der Waals surface area contributed by atoms with Gasteiger partial charge in [-0.2, -0.15) is 0 Å². The van der Waals surface area contributed by atoms with E-state index in [0.717, 1.165) is 11.3 Å². The molecule has 150 valence electrons. The van der Waals surface area contributed by atoms with Gasteiger partial charge in [-0.3, -0.25) is 9.59 Å². The average Bonchev–Trinajstić information content (AvgIpc) is 3.24. The minimum atomic E-state index is -0.944. The highest BCUT2D eigenvalue weighted by atomic mass is 16.5. The fourth-order valence-corrected chi connectivity index (χ4v) is 3.69. The molecule has 0 saturated carbocycles. The molecule has 0 aliphatic carbocycles. The number of likely N-dealkylation sites (tertiary alicyclic amines) is 1. The smallest absolute Gasteiger partial charge is 0.305 e. The molecule has 2 aromatic rings. The molecule has 8 nitrogen and oxygen atoms in total. The number of hydrogen-bond acceptors (Lipinski definition) is 5. The number of rotatable bonds is 6. The van der Waals surface area contributed by atoms with Crippen LogP contribution in [0.2, 0.25) is 0 Å². The Labute approximate surface area is 164 Å². The maximum Gasteiger partial charge on any atom is 0.305 e. The van der Waals surface area contributed by atoms with Crippen LogP contribution in [0.15, 0.2) is 24.3 Å². The fraction of sp³-hybridized carbons (Fsp3) is 0.500. The molecule has 0 bridgehead atoms. The van der Waals surface area contributed by atoms with Gasteiger partial charge in [-0.15, -0.1) is 5.10 Å². The Morgan fingerprint density at radius 1 is 1.32 bits per heavy atom. The zero-order valence-electron chi connectivity index (χ0n) is 16.6. The molecule has 3 rings (SSSR count). The van der Waals surface area contributed by atoms with Crippen molar-refractivity contribution in [2.24, 2.45) is 0 Å². The number of carboxylic acid groups (broad SMARTS) is 1. The van der Waals surface area contributed by atoms with E-state index in [9.17, 15) is 9.59 Å². The third-order valence-electron chi connectivity index (χ3n) is 5.13. The second-order valence-corrected chi connectivity index (χ2v) is 7.41. The van der Waals surface area contributed by atoms with Crippen LogP contribution in [0.1, 0.15) is 54.6 Å². The zero-order valence-corrected chi connectivity index (χ0v) is 16.6. The fourth-order valence-electron chi connectivity index (χ4n) is 3.69. The number of amides is 1. The molecular weight excluding hydrogens is 360 g/mol. The van der Waals surface area contributed by atoms with Gasteiger partial charge in [0.15, 0.2) is 0 Å². The van der Waals surface area contributed by atoms with Crippen LogP contribution in [0.25, 0.3) is 5.69 Å². The van der Waals surface area contributed by atoms with E-state index in [4.69, 9.17) is 9.84 Å². The number of ether oxygens (including phenoxy) is 1. The van der Waals surface area contributed by atoms with Crippen LogP contribution in [0.4, 0.5) is 0 Å². The van der Waals surface area contributed by atoms with Gasteiger partial charge in [0.2, 0.25) is 5.82 Å². The van der Waals surface area contributed by atoms with Crippen molar-refractivity contribution < 1.29 is 19.4 Å². The highest BCUT2D eigenvalue weighted by molar-refractivity contribution is 5.91. The van der Waals surface area contributed by atoms with Gasteiger partial charge in [0.05, 0.1) is 18.2 Å². The summed E-state index contributed by atoms with van der Waals surface area (Å²) in [5.41, 5.74) is 2.00. The van der Waals surface area contributed by atoms with Crippen LogP contribution >= 0.6 is 0 Å². The van der Waals surface area contributed by atoms with Gasteiger partial charge in [-0.1, -0.05) is 32.0 Å². The molecule has 1 aliphatic rings. The first-order valence-electron chi connectivity index (χ1n) is 9.40. The van der Waals surface area contributed by atoms with E-state index < -0.39 is 12.0 Å². The van der Waals surface area contributed by atoms with Crippen LogP contribution in [-0.2, 0) is 9.53 Å². The quantitative estimate of drug-likeness (QED) is 0.819. The molecule has 1 aliphatic heterocycles. The molecule has 1 amide bonds. The van der Waals surface area contributed by atoms with Gasteiger partial charge < -0.3 is 14.7 Å². The highest BCUT2D eigenvalue weighted by Gasteiger charge is 2.38. The Kier molecular flexibility index (Phi) is 5.79. The molecule has 1 saturated heterocycles. The standard InChI is InChI=1S/C20H26N4O4/c1-12(2)16-7-5-6-8-17(16)24-13(3)21-19(22-24)20(27)23-11-15(28-4)9-14(23)10-18(25)26/h5-8,12,14-15H,9-11H2,1-4H3,(H,25,26). The maximum absolute atomic E-state index is 13.1. The van der Waals surface area contributed by atoms with Crippen LogP contribution in [-0.4, -0.2) is 62.4 Å². The Morgan fingerprint density at radius 3 is 2.68 bits per heavy atom. The van der Waals surface area contributed by atoms with E-state index >= 15 is 0 Å². The molecular formula is C20H26N4O4. The number of carboxylic acids is 1. The van der Waals surface area contributed by atoms with Crippen LogP contribution in [0, 0.1) is 6.92 Å². The Balaban J connectivity index is 1.92. The van der Waals surface area contributed by atoms with Gasteiger partial charge in [-0.25, -0.2) is 9.67 Å². The van der Waals surface area contributed by atoms with Crippen molar-refractivity contribution >= 4 is 11.9 Å². The minimum absolute atomic E-state index is 0.0724. The topological polar surface area (TPSA) is 97.5 Å². The Morgan fingerprint density at radius 2 is 2.04 bits per heavy atom. The van der Waals surface area contributed by atoms with Gasteiger partial charge in [0, 0.05) is 19.7 Å². The molecule has 1 aromatic carbocycles. The minimum Gasteiger partial charge on any atom is -0.481 e. The van der Waals surface area contributed by atoms with E-state index in [1.165, 1.54) is 4.90 Å². The first-order chi connectivity index (χ1) is 13.3. The summed E-state index contributed by atoms with van der Waals surface area (Å²) in [5, 5.41) is 13.6. The van der Waals surface area contributed by atoms with E-state index in [1.54, 1.807) is 18.7 Å². The van der Waals surface area contributed by atoms with E-state index in [2.05, 4.69) is 23.9 Å². The van der Waals surface area contributed by atoms with Gasteiger partial charge in [-0.05, 0) is 30.9 Å². The molecule has 1 N–H and O–H groups in total. The normalized spacial score (nSPS) is 19.4. The number of aromatic nitrogens is 3. The first kappa shape index (κ1) is 20.0. The summed E-state index contributed by atoms with van der Waals surface area (Å²) in [4.78, 5) is 30.1. The Hall–Kier alpha value is -2.74. The molecule has 1 fully saturated rings. The lowest BCUT2D eigenvalue weighted by molar-refractivity contribution is -0.138. The van der Waals surface area contributed by atoms with Crippen molar-refractivity contribution in [1.82, 2.24) is 19.7 Å². The molecule has 0 radical (unpaired) electrons. The zero-order chi connectivity index (χ0) is 20.4. The summed E-state index contributed by atoms with van der Waals surface area (Å²) in [6, 6.07) is 7.47. The average molecular weight is 386 g/mol. The van der Waals surface area contributed by atoms with Gasteiger partial charge >= 0.3 is 5.97 Å². The molecule has 2 heterocycles. The second-order valence-electron chi connectivity index (χ2n) is 7.41. The Bertz CT molecular complexity index is 877. The molecule has 0 spiro atoms. The predicted molar refractivity (Wildman–Crippen MR) is 103 cm³/mol. The summed E-state index contributed by atoms with van der Waals surface area (Å²) in [7, 11) is 1.57. The van der Waals surface area contributed by atoms with Gasteiger partial charge in [0.25, 0.3) is 5.91 Å². The highest BCUT2D eigenvalue weighted by Crippen LogP contribution is 2.26.